The maximum Gasteiger partial charge on any atom is 0.328 e. The molecule has 1 saturated heterocycles. The molecule has 7 heteroatoms. The van der Waals surface area contributed by atoms with Crippen LogP contribution < -0.4 is 5.73 Å². The number of carbonyl (C=O) groups is 1. The van der Waals surface area contributed by atoms with Crippen LogP contribution in [0, 0.1) is 12.8 Å². The highest BCUT2D eigenvalue weighted by atomic mass is 35.5. The maximum atomic E-state index is 12.8. The Morgan fingerprint density at radius 1 is 1.27 bits per heavy atom. The van der Waals surface area contributed by atoms with Crippen molar-refractivity contribution in [2.45, 2.75) is 52.2 Å². The Hall–Kier alpha value is -2.02. The smallest absolute Gasteiger partial charge is 0.328 e. The van der Waals surface area contributed by atoms with Crippen molar-refractivity contribution < 1.29 is 14.6 Å². The zero-order valence-corrected chi connectivity index (χ0v) is 18.9. The normalized spacial score (nSPS) is 22.2. The molecule has 30 heavy (non-hydrogen) atoms. The molecule has 0 spiro atoms. The number of likely N-dealkylation sites (tertiary alicyclic amines) is 1. The summed E-state index contributed by atoms with van der Waals surface area (Å²) in [7, 11) is 0. The van der Waals surface area contributed by atoms with Crippen molar-refractivity contribution in [2.24, 2.45) is 11.7 Å². The molecule has 2 heterocycles. The number of hydrogen-bond acceptors (Lipinski definition) is 4. The number of aryl methyl sites for hydroxylation is 1. The van der Waals surface area contributed by atoms with E-state index >= 15 is 0 Å². The van der Waals surface area contributed by atoms with Crippen LogP contribution in [0.2, 0.25) is 0 Å². The molecule has 0 aliphatic carbocycles. The minimum atomic E-state index is -0.185. The van der Waals surface area contributed by atoms with Crippen molar-refractivity contribution in [3.05, 3.63) is 53.4 Å². The molecule has 0 saturated carbocycles. The largest absolute Gasteiger partial charge is 0.507 e. The third kappa shape index (κ3) is 4.99. The lowest BCUT2D eigenvalue weighted by Gasteiger charge is -2.41. The summed E-state index contributed by atoms with van der Waals surface area (Å²) in [5.41, 5.74) is 8.84. The molecule has 1 fully saturated rings. The van der Waals surface area contributed by atoms with Gasteiger partial charge in [-0.2, -0.15) is 0 Å². The van der Waals surface area contributed by atoms with E-state index in [4.69, 9.17) is 10.5 Å². The molecule has 2 atom stereocenters. The van der Waals surface area contributed by atoms with Gasteiger partial charge in [0.2, 0.25) is 0 Å². The zero-order chi connectivity index (χ0) is 21.0. The van der Waals surface area contributed by atoms with Crippen LogP contribution in [-0.2, 0) is 11.2 Å². The summed E-state index contributed by atoms with van der Waals surface area (Å²) < 4.78 is 6.34. The molecule has 6 nitrogen and oxygen atoms in total. The van der Waals surface area contributed by atoms with Gasteiger partial charge in [0.15, 0.2) is 0 Å². The number of nitrogens with two attached hydrogens (primary N) is 1. The van der Waals surface area contributed by atoms with Gasteiger partial charge in [-0.1, -0.05) is 24.3 Å². The Balaban J connectivity index is 0.00000320. The van der Waals surface area contributed by atoms with Crippen LogP contribution in [0.25, 0.3) is 0 Å². The lowest BCUT2D eigenvalue weighted by atomic mass is 9.83. The first-order valence-corrected chi connectivity index (χ1v) is 10.5. The topological polar surface area (TPSA) is 79.0 Å². The van der Waals surface area contributed by atoms with Gasteiger partial charge in [0.05, 0.1) is 12.2 Å². The van der Waals surface area contributed by atoms with E-state index in [0.717, 1.165) is 29.5 Å². The minimum Gasteiger partial charge on any atom is -0.507 e. The summed E-state index contributed by atoms with van der Waals surface area (Å²) in [6.07, 6.45) is 9.58. The average Bonchev–Trinajstić information content (AvgIpc) is 2.75. The van der Waals surface area contributed by atoms with Crippen molar-refractivity contribution in [2.75, 3.05) is 19.6 Å². The number of nitrogens with zero attached hydrogens (tertiary/aromatic N) is 2. The van der Waals surface area contributed by atoms with Crippen LogP contribution in [0.5, 0.6) is 5.75 Å². The van der Waals surface area contributed by atoms with Crippen LogP contribution in [0.15, 0.2) is 36.7 Å². The van der Waals surface area contributed by atoms with Crippen LogP contribution in [0.3, 0.4) is 0 Å². The number of urea groups is 1. The molecule has 0 radical (unpaired) electrons. The lowest BCUT2D eigenvalue weighted by molar-refractivity contribution is -0.0628. The Labute approximate surface area is 185 Å². The second kappa shape index (κ2) is 10.8. The van der Waals surface area contributed by atoms with E-state index in [2.05, 4.69) is 0 Å². The molecule has 166 valence electrons. The molecule has 2 aliphatic heterocycles. The van der Waals surface area contributed by atoms with Gasteiger partial charge < -0.3 is 20.5 Å². The molecule has 2 amide bonds. The Morgan fingerprint density at radius 3 is 2.47 bits per heavy atom. The first-order chi connectivity index (χ1) is 14.0. The second-order valence-electron chi connectivity index (χ2n) is 7.88. The van der Waals surface area contributed by atoms with Gasteiger partial charge in [-0.3, -0.25) is 4.90 Å². The van der Waals surface area contributed by atoms with Crippen molar-refractivity contribution in [1.29, 1.82) is 0 Å². The first-order valence-electron chi connectivity index (χ1n) is 10.5. The van der Waals surface area contributed by atoms with E-state index in [1.165, 1.54) is 0 Å². The Kier molecular flexibility index (Phi) is 8.77. The van der Waals surface area contributed by atoms with Crippen molar-refractivity contribution in [3.63, 3.8) is 0 Å². The van der Waals surface area contributed by atoms with Gasteiger partial charge in [-0.05, 0) is 50.7 Å². The first kappa shape index (κ1) is 24.3. The summed E-state index contributed by atoms with van der Waals surface area (Å²) in [6, 6.07) is 3.95. The van der Waals surface area contributed by atoms with E-state index in [0.29, 0.717) is 37.7 Å². The van der Waals surface area contributed by atoms with Crippen molar-refractivity contribution in [3.8, 4) is 5.75 Å². The van der Waals surface area contributed by atoms with Crippen LogP contribution in [0.4, 0.5) is 4.79 Å². The Morgan fingerprint density at radius 2 is 1.90 bits per heavy atom. The number of phenolic OH excluding ortho intramolecular Hbond substituents is 1. The third-order valence-corrected chi connectivity index (χ3v) is 6.00. The third-order valence-electron chi connectivity index (χ3n) is 6.00. The fourth-order valence-corrected chi connectivity index (χ4v) is 4.40. The van der Waals surface area contributed by atoms with Gasteiger partial charge in [0, 0.05) is 44.0 Å². The number of fused-ring (bicyclic) bond motifs is 1. The number of hydrogen-bond donors (Lipinski definition) is 2. The highest BCUT2D eigenvalue weighted by Gasteiger charge is 2.36. The predicted octanol–water partition coefficient (Wildman–Crippen LogP) is 4.26. The van der Waals surface area contributed by atoms with Crippen molar-refractivity contribution >= 4 is 18.4 Å². The fraction of sp³-hybridized carbons (Fsp3) is 0.522. The van der Waals surface area contributed by atoms with Gasteiger partial charge in [0.1, 0.15) is 5.75 Å². The number of carbonyl (C=O) groups excluding carboxylic acids is 1. The molecule has 3 rings (SSSR count). The summed E-state index contributed by atoms with van der Waals surface area (Å²) >= 11 is 0. The number of phenols is 1. The minimum absolute atomic E-state index is 0. The molecule has 3 N–H and O–H groups in total. The quantitative estimate of drug-likeness (QED) is 0.740. The maximum absolute atomic E-state index is 12.8. The highest BCUT2D eigenvalue weighted by molar-refractivity contribution is 5.85. The molecule has 0 unspecified atom stereocenters. The zero-order valence-electron chi connectivity index (χ0n) is 18.1. The number of piperidine rings is 1. The molecule has 1 aromatic carbocycles. The number of ether oxygens (including phenoxy) is 1. The molecular weight excluding hydrogens is 402 g/mol. The van der Waals surface area contributed by atoms with Crippen LogP contribution in [0.1, 0.15) is 49.5 Å². The lowest BCUT2D eigenvalue weighted by Crippen LogP contribution is -2.46. The highest BCUT2D eigenvalue weighted by Crippen LogP contribution is 2.40. The molecule has 1 aromatic rings. The average molecular weight is 436 g/mol. The summed E-state index contributed by atoms with van der Waals surface area (Å²) in [5.74, 6) is 0.716. The van der Waals surface area contributed by atoms with Crippen LogP contribution >= 0.6 is 12.4 Å². The summed E-state index contributed by atoms with van der Waals surface area (Å²) in [6.45, 7) is 7.52. The van der Waals surface area contributed by atoms with Gasteiger partial charge >= 0.3 is 6.03 Å². The van der Waals surface area contributed by atoms with Gasteiger partial charge in [0.25, 0.3) is 0 Å². The summed E-state index contributed by atoms with van der Waals surface area (Å²) in [5, 5.41) is 10.6. The Bertz CT molecular complexity index is 776. The second-order valence-corrected chi connectivity index (χ2v) is 7.88. The van der Waals surface area contributed by atoms with Crippen molar-refractivity contribution in [1.82, 2.24) is 9.80 Å². The number of allylic oxidation sites excluding steroid dienone is 2. The summed E-state index contributed by atoms with van der Waals surface area (Å²) in [4.78, 5) is 16.3. The molecule has 0 bridgehead atoms. The molecular formula is C23H34ClN3O3. The van der Waals surface area contributed by atoms with E-state index in [1.807, 2.05) is 50.0 Å². The van der Waals surface area contributed by atoms with Crippen LogP contribution in [-0.4, -0.2) is 46.7 Å². The number of benzene rings is 1. The van der Waals surface area contributed by atoms with E-state index in [-0.39, 0.29) is 30.6 Å². The number of rotatable bonds is 4. The monoisotopic (exact) mass is 435 g/mol. The van der Waals surface area contributed by atoms with Gasteiger partial charge in [-0.15, -0.1) is 12.4 Å². The van der Waals surface area contributed by atoms with Gasteiger partial charge in [-0.25, -0.2) is 4.79 Å². The van der Waals surface area contributed by atoms with E-state index in [1.54, 1.807) is 17.3 Å². The van der Waals surface area contributed by atoms with E-state index < -0.39 is 0 Å². The number of halogens is 1. The number of aromatic hydroxyl groups is 1. The SMILES string of the molecule is C/C=C/N(/C=C/C)C(=O)N1CCC([C@@H]2Cc3c(ccc(C)c3O)[C@H](CN)O2)CC1.Cl. The van der Waals surface area contributed by atoms with E-state index in [9.17, 15) is 9.90 Å². The molecule has 0 aromatic heterocycles. The molecule has 2 aliphatic rings. The predicted molar refractivity (Wildman–Crippen MR) is 122 cm³/mol. The standard InChI is InChI=1S/C23H33N3O3.ClH/c1-4-10-25(11-5-2)23(28)26-12-8-17(9-13-26)20-14-19-18(21(15-24)29-20)7-6-16(3)22(19)27;/h4-7,10-11,17,20-21,27H,8-9,12-15,24H2,1-3H3;1H/b10-4+,11-5+;/t20-,21-;/m0./s1. The fourth-order valence-electron chi connectivity index (χ4n) is 4.40. The number of amides is 2.